The van der Waals surface area contributed by atoms with Gasteiger partial charge in [-0.15, -0.1) is 0 Å². The minimum Gasteiger partial charge on any atom is -0.387 e. The molecular formula is C13H24N2O. The van der Waals surface area contributed by atoms with Crippen molar-refractivity contribution in [2.75, 3.05) is 19.6 Å². The second-order valence-corrected chi connectivity index (χ2v) is 6.19. The quantitative estimate of drug-likeness (QED) is 0.677. The van der Waals surface area contributed by atoms with Crippen LogP contribution in [-0.4, -0.2) is 41.3 Å². The predicted molar refractivity (Wildman–Crippen MR) is 64.0 cm³/mol. The summed E-state index contributed by atoms with van der Waals surface area (Å²) in [6.07, 6.45) is 7.81. The molecule has 3 N–H and O–H groups in total. The van der Waals surface area contributed by atoms with E-state index in [0.717, 1.165) is 18.5 Å². The molecule has 3 fully saturated rings. The van der Waals surface area contributed by atoms with E-state index >= 15 is 0 Å². The van der Waals surface area contributed by atoms with Crippen LogP contribution in [0.3, 0.4) is 0 Å². The van der Waals surface area contributed by atoms with Crippen molar-refractivity contribution in [1.82, 2.24) is 4.90 Å². The first-order chi connectivity index (χ1) is 7.71. The van der Waals surface area contributed by atoms with Crippen LogP contribution in [-0.2, 0) is 0 Å². The molecule has 1 unspecified atom stereocenters. The molecule has 3 saturated carbocycles. The standard InChI is InChI=1S/C13H24N2O/c14-8-13(16,11-3-4-11)9-15(12-5-6-12)7-10-1-2-10/h10-12,16H,1-9,14H2. The van der Waals surface area contributed by atoms with Crippen LogP contribution in [0.2, 0.25) is 0 Å². The summed E-state index contributed by atoms with van der Waals surface area (Å²) in [5.74, 6) is 1.40. The molecule has 0 amide bonds. The van der Waals surface area contributed by atoms with Crippen molar-refractivity contribution in [2.24, 2.45) is 17.6 Å². The smallest absolute Gasteiger partial charge is 0.0923 e. The van der Waals surface area contributed by atoms with Gasteiger partial charge in [-0.25, -0.2) is 0 Å². The summed E-state index contributed by atoms with van der Waals surface area (Å²) in [6, 6.07) is 0.762. The van der Waals surface area contributed by atoms with Gasteiger partial charge in [-0.3, -0.25) is 4.90 Å². The Labute approximate surface area is 98.0 Å². The van der Waals surface area contributed by atoms with E-state index in [2.05, 4.69) is 4.90 Å². The highest BCUT2D eigenvalue weighted by Crippen LogP contribution is 2.42. The molecule has 16 heavy (non-hydrogen) atoms. The van der Waals surface area contributed by atoms with Crippen molar-refractivity contribution < 1.29 is 5.11 Å². The lowest BCUT2D eigenvalue weighted by Gasteiger charge is -2.34. The maximum Gasteiger partial charge on any atom is 0.0923 e. The first-order valence-electron chi connectivity index (χ1n) is 6.88. The van der Waals surface area contributed by atoms with Gasteiger partial charge in [-0.1, -0.05) is 0 Å². The maximum atomic E-state index is 10.6. The zero-order chi connectivity index (χ0) is 11.2. The van der Waals surface area contributed by atoms with Crippen molar-refractivity contribution in [2.45, 2.75) is 50.2 Å². The largest absolute Gasteiger partial charge is 0.387 e. The lowest BCUT2D eigenvalue weighted by molar-refractivity contribution is -0.0117. The molecule has 0 heterocycles. The van der Waals surface area contributed by atoms with Crippen LogP contribution >= 0.6 is 0 Å². The van der Waals surface area contributed by atoms with E-state index in [4.69, 9.17) is 5.73 Å². The Bertz CT molecular complexity index is 259. The summed E-state index contributed by atoms with van der Waals surface area (Å²) >= 11 is 0. The van der Waals surface area contributed by atoms with E-state index in [9.17, 15) is 5.11 Å². The summed E-state index contributed by atoms with van der Waals surface area (Å²) in [6.45, 7) is 2.47. The zero-order valence-electron chi connectivity index (χ0n) is 10.1. The van der Waals surface area contributed by atoms with Crippen LogP contribution in [0.25, 0.3) is 0 Å². The normalized spacial score (nSPS) is 29.4. The van der Waals surface area contributed by atoms with Crippen molar-refractivity contribution in [1.29, 1.82) is 0 Å². The zero-order valence-corrected chi connectivity index (χ0v) is 10.1. The summed E-state index contributed by atoms with van der Waals surface area (Å²) in [7, 11) is 0. The van der Waals surface area contributed by atoms with Crippen molar-refractivity contribution in [3.05, 3.63) is 0 Å². The van der Waals surface area contributed by atoms with Crippen LogP contribution in [0.5, 0.6) is 0 Å². The van der Waals surface area contributed by atoms with Gasteiger partial charge in [0.05, 0.1) is 5.60 Å². The minimum absolute atomic E-state index is 0.436. The SMILES string of the molecule is NCC(O)(CN(CC1CC1)C1CC1)C1CC1. The minimum atomic E-state index is -0.586. The average Bonchev–Trinajstić information content (AvgIpc) is 3.16. The Morgan fingerprint density at radius 1 is 1.12 bits per heavy atom. The second kappa shape index (κ2) is 3.97. The molecule has 1 atom stereocenters. The molecule has 0 bridgehead atoms. The lowest BCUT2D eigenvalue weighted by atomic mass is 9.97. The molecular weight excluding hydrogens is 200 g/mol. The highest BCUT2D eigenvalue weighted by molar-refractivity contribution is 5.00. The second-order valence-electron chi connectivity index (χ2n) is 6.19. The first kappa shape index (κ1) is 11.0. The summed E-state index contributed by atoms with van der Waals surface area (Å²) < 4.78 is 0. The van der Waals surface area contributed by atoms with Gasteiger partial charge >= 0.3 is 0 Å². The molecule has 3 rings (SSSR count). The fourth-order valence-electron chi connectivity index (χ4n) is 2.75. The Morgan fingerprint density at radius 3 is 2.25 bits per heavy atom. The van der Waals surface area contributed by atoms with E-state index in [1.54, 1.807) is 0 Å². The van der Waals surface area contributed by atoms with Crippen molar-refractivity contribution in [3.8, 4) is 0 Å². The van der Waals surface area contributed by atoms with Gasteiger partial charge in [0.15, 0.2) is 0 Å². The maximum absolute atomic E-state index is 10.6. The molecule has 3 aliphatic rings. The molecule has 0 aromatic heterocycles. The van der Waals surface area contributed by atoms with Crippen LogP contribution < -0.4 is 5.73 Å². The van der Waals surface area contributed by atoms with E-state index < -0.39 is 5.60 Å². The molecule has 0 aliphatic heterocycles. The number of hydrogen-bond acceptors (Lipinski definition) is 3. The molecule has 3 heteroatoms. The Balaban J connectivity index is 1.59. The number of nitrogens with two attached hydrogens (primary N) is 1. The topological polar surface area (TPSA) is 49.5 Å². The summed E-state index contributed by atoms with van der Waals surface area (Å²) in [5, 5.41) is 10.6. The number of aliphatic hydroxyl groups is 1. The van der Waals surface area contributed by atoms with Gasteiger partial charge in [0.25, 0.3) is 0 Å². The van der Waals surface area contributed by atoms with Crippen molar-refractivity contribution in [3.63, 3.8) is 0 Å². The molecule has 0 radical (unpaired) electrons. The molecule has 92 valence electrons. The molecule has 0 spiro atoms. The van der Waals surface area contributed by atoms with Crippen molar-refractivity contribution >= 4 is 0 Å². The van der Waals surface area contributed by atoms with Crippen LogP contribution in [0.1, 0.15) is 38.5 Å². The van der Waals surface area contributed by atoms with Gasteiger partial charge in [-0.05, 0) is 50.4 Å². The Hall–Kier alpha value is -0.120. The molecule has 0 aromatic carbocycles. The Morgan fingerprint density at radius 2 is 1.81 bits per heavy atom. The highest BCUT2D eigenvalue weighted by Gasteiger charge is 2.46. The van der Waals surface area contributed by atoms with Crippen LogP contribution in [0.4, 0.5) is 0 Å². The highest BCUT2D eigenvalue weighted by atomic mass is 16.3. The third kappa shape index (κ3) is 2.41. The number of nitrogens with zero attached hydrogens (tertiary/aromatic N) is 1. The third-order valence-corrected chi connectivity index (χ3v) is 4.42. The predicted octanol–water partition coefficient (Wildman–Crippen LogP) is 0.961. The third-order valence-electron chi connectivity index (χ3n) is 4.42. The Kier molecular flexibility index (Phi) is 2.73. The summed E-state index contributed by atoms with van der Waals surface area (Å²) in [5.41, 5.74) is 5.20. The molecule has 0 aromatic rings. The fourth-order valence-corrected chi connectivity index (χ4v) is 2.75. The first-order valence-corrected chi connectivity index (χ1v) is 6.88. The summed E-state index contributed by atoms with van der Waals surface area (Å²) in [4.78, 5) is 2.53. The van der Waals surface area contributed by atoms with Gasteiger partial charge in [0.1, 0.15) is 0 Å². The molecule has 3 aliphatic carbocycles. The lowest BCUT2D eigenvalue weighted by Crippen LogP contribution is -2.51. The number of hydrogen-bond donors (Lipinski definition) is 2. The average molecular weight is 224 g/mol. The van der Waals surface area contributed by atoms with Gasteiger partial charge in [0.2, 0.25) is 0 Å². The van der Waals surface area contributed by atoms with Crippen LogP contribution in [0.15, 0.2) is 0 Å². The number of rotatable bonds is 7. The van der Waals surface area contributed by atoms with Gasteiger partial charge in [0, 0.05) is 25.7 Å². The molecule has 3 nitrogen and oxygen atoms in total. The van der Waals surface area contributed by atoms with E-state index in [0.29, 0.717) is 12.5 Å². The van der Waals surface area contributed by atoms with E-state index in [-0.39, 0.29) is 0 Å². The van der Waals surface area contributed by atoms with Crippen LogP contribution in [0, 0.1) is 11.8 Å². The van der Waals surface area contributed by atoms with E-state index in [1.165, 1.54) is 45.1 Å². The fraction of sp³-hybridized carbons (Fsp3) is 1.00. The van der Waals surface area contributed by atoms with E-state index in [1.807, 2.05) is 0 Å². The van der Waals surface area contributed by atoms with Gasteiger partial charge < -0.3 is 10.8 Å². The molecule has 0 saturated heterocycles. The monoisotopic (exact) mass is 224 g/mol. The van der Waals surface area contributed by atoms with Gasteiger partial charge in [-0.2, -0.15) is 0 Å².